The Balaban J connectivity index is 1.90. The van der Waals surface area contributed by atoms with Gasteiger partial charge in [0.25, 0.3) is 0 Å². The highest BCUT2D eigenvalue weighted by atomic mass is 79.9. The molecule has 1 aromatic rings. The Hall–Kier alpha value is -0.450. The molecular formula is C17H25BrFNO. The maximum Gasteiger partial charge on any atom is 0.137 e. The van der Waals surface area contributed by atoms with Gasteiger partial charge in [0.15, 0.2) is 0 Å². The minimum absolute atomic E-state index is 0.182. The second-order valence-electron chi connectivity index (χ2n) is 5.74. The van der Waals surface area contributed by atoms with Crippen molar-refractivity contribution in [2.24, 2.45) is 0 Å². The molecule has 4 heteroatoms. The van der Waals surface area contributed by atoms with Crippen molar-refractivity contribution in [3.63, 3.8) is 0 Å². The van der Waals surface area contributed by atoms with Gasteiger partial charge in [-0.25, -0.2) is 4.39 Å². The Morgan fingerprint density at radius 3 is 3.00 bits per heavy atom. The van der Waals surface area contributed by atoms with Crippen LogP contribution in [0, 0.1) is 5.82 Å². The molecule has 118 valence electrons. The lowest BCUT2D eigenvalue weighted by Gasteiger charge is -2.25. The summed E-state index contributed by atoms with van der Waals surface area (Å²) in [6.07, 6.45) is 7.08. The maximum absolute atomic E-state index is 13.6. The lowest BCUT2D eigenvalue weighted by atomic mass is 9.97. The van der Waals surface area contributed by atoms with Gasteiger partial charge in [0.1, 0.15) is 5.82 Å². The van der Waals surface area contributed by atoms with Gasteiger partial charge >= 0.3 is 0 Å². The van der Waals surface area contributed by atoms with Gasteiger partial charge in [0, 0.05) is 12.6 Å². The molecule has 1 heterocycles. The van der Waals surface area contributed by atoms with Crippen molar-refractivity contribution in [1.82, 2.24) is 5.32 Å². The fourth-order valence-corrected chi connectivity index (χ4v) is 3.38. The molecule has 0 bridgehead atoms. The number of nitrogens with one attached hydrogen (secondary N) is 1. The lowest BCUT2D eigenvalue weighted by Crippen LogP contribution is -2.33. The number of hydrogen-bond acceptors (Lipinski definition) is 2. The summed E-state index contributed by atoms with van der Waals surface area (Å²) in [4.78, 5) is 0. The quantitative estimate of drug-likeness (QED) is 0.777. The van der Waals surface area contributed by atoms with E-state index in [2.05, 4.69) is 28.2 Å². The van der Waals surface area contributed by atoms with Crippen molar-refractivity contribution in [3.05, 3.63) is 34.1 Å². The molecule has 2 unspecified atom stereocenters. The largest absolute Gasteiger partial charge is 0.378 e. The summed E-state index contributed by atoms with van der Waals surface area (Å²) < 4.78 is 20.0. The molecule has 0 aliphatic carbocycles. The monoisotopic (exact) mass is 357 g/mol. The van der Waals surface area contributed by atoms with Crippen LogP contribution in [-0.2, 0) is 11.2 Å². The average Bonchev–Trinajstić information content (AvgIpc) is 2.50. The summed E-state index contributed by atoms with van der Waals surface area (Å²) in [6.45, 7) is 3.96. The number of likely N-dealkylation sites (N-methyl/N-ethyl adjacent to an activating group) is 1. The van der Waals surface area contributed by atoms with E-state index in [1.807, 2.05) is 6.07 Å². The molecule has 1 aromatic carbocycles. The summed E-state index contributed by atoms with van der Waals surface area (Å²) in [6, 6.07) is 5.64. The van der Waals surface area contributed by atoms with E-state index in [-0.39, 0.29) is 5.82 Å². The van der Waals surface area contributed by atoms with Gasteiger partial charge in [-0.15, -0.1) is 0 Å². The van der Waals surface area contributed by atoms with Crippen LogP contribution < -0.4 is 5.32 Å². The van der Waals surface area contributed by atoms with Crippen LogP contribution in [0.3, 0.4) is 0 Å². The van der Waals surface area contributed by atoms with Crippen LogP contribution in [0.4, 0.5) is 4.39 Å². The molecule has 2 rings (SSSR count). The first-order chi connectivity index (χ1) is 10.2. The van der Waals surface area contributed by atoms with Gasteiger partial charge in [-0.1, -0.05) is 19.1 Å². The Morgan fingerprint density at radius 2 is 2.29 bits per heavy atom. The molecule has 1 fully saturated rings. The Morgan fingerprint density at radius 1 is 1.43 bits per heavy atom. The number of halogens is 2. The van der Waals surface area contributed by atoms with Crippen LogP contribution in [0.2, 0.25) is 0 Å². The molecule has 1 N–H and O–H groups in total. The van der Waals surface area contributed by atoms with Gasteiger partial charge in [-0.2, -0.15) is 0 Å². The summed E-state index contributed by atoms with van der Waals surface area (Å²) >= 11 is 3.36. The molecule has 0 saturated carbocycles. The fraction of sp³-hybridized carbons (Fsp3) is 0.647. The highest BCUT2D eigenvalue weighted by Crippen LogP contribution is 2.24. The maximum atomic E-state index is 13.6. The lowest BCUT2D eigenvalue weighted by molar-refractivity contribution is 0.00860. The normalized spacial score (nSPS) is 20.4. The molecule has 21 heavy (non-hydrogen) atoms. The van der Waals surface area contributed by atoms with Crippen molar-refractivity contribution in [3.8, 4) is 0 Å². The van der Waals surface area contributed by atoms with Crippen molar-refractivity contribution in [2.75, 3.05) is 13.2 Å². The fourth-order valence-electron chi connectivity index (χ4n) is 2.96. The van der Waals surface area contributed by atoms with Crippen LogP contribution in [0.15, 0.2) is 22.7 Å². The van der Waals surface area contributed by atoms with Gasteiger partial charge in [-0.3, -0.25) is 0 Å². The van der Waals surface area contributed by atoms with E-state index >= 15 is 0 Å². The van der Waals surface area contributed by atoms with E-state index in [1.54, 1.807) is 6.07 Å². The summed E-state index contributed by atoms with van der Waals surface area (Å²) in [5.74, 6) is -0.182. The molecule has 1 aliphatic rings. The topological polar surface area (TPSA) is 21.3 Å². The van der Waals surface area contributed by atoms with E-state index in [1.165, 1.54) is 25.3 Å². The highest BCUT2D eigenvalue weighted by Gasteiger charge is 2.17. The van der Waals surface area contributed by atoms with E-state index in [9.17, 15) is 4.39 Å². The number of ether oxygens (including phenoxy) is 1. The summed E-state index contributed by atoms with van der Waals surface area (Å²) in [7, 11) is 0. The van der Waals surface area contributed by atoms with Gasteiger partial charge in [0.2, 0.25) is 0 Å². The Bertz CT molecular complexity index is 435. The SMILES string of the molecule is CCNC(CCC1CCCCO1)Cc1cccc(F)c1Br. The summed E-state index contributed by atoms with van der Waals surface area (Å²) in [5, 5.41) is 3.52. The van der Waals surface area contributed by atoms with E-state index in [0.29, 0.717) is 16.6 Å². The van der Waals surface area contributed by atoms with Crippen LogP contribution in [-0.4, -0.2) is 25.3 Å². The van der Waals surface area contributed by atoms with Gasteiger partial charge in [-0.05, 0) is 72.6 Å². The van der Waals surface area contributed by atoms with Gasteiger partial charge < -0.3 is 10.1 Å². The molecule has 0 amide bonds. The predicted molar refractivity (Wildman–Crippen MR) is 88.1 cm³/mol. The van der Waals surface area contributed by atoms with Crippen molar-refractivity contribution >= 4 is 15.9 Å². The minimum Gasteiger partial charge on any atom is -0.378 e. The first kappa shape index (κ1) is 16.9. The molecule has 0 aromatic heterocycles. The zero-order valence-electron chi connectivity index (χ0n) is 12.7. The second-order valence-corrected chi connectivity index (χ2v) is 6.53. The van der Waals surface area contributed by atoms with Crippen molar-refractivity contribution in [2.45, 2.75) is 57.6 Å². The zero-order valence-corrected chi connectivity index (χ0v) is 14.3. The molecule has 2 nitrogen and oxygen atoms in total. The third-order valence-electron chi connectivity index (χ3n) is 4.10. The molecule has 0 radical (unpaired) electrons. The van der Waals surface area contributed by atoms with E-state index in [0.717, 1.165) is 38.0 Å². The van der Waals surface area contributed by atoms with Crippen LogP contribution in [0.5, 0.6) is 0 Å². The number of rotatable bonds is 7. The predicted octanol–water partition coefficient (Wildman–Crippen LogP) is 4.46. The van der Waals surface area contributed by atoms with Crippen LogP contribution in [0.25, 0.3) is 0 Å². The van der Waals surface area contributed by atoms with E-state index in [4.69, 9.17) is 4.74 Å². The zero-order chi connectivity index (χ0) is 15.1. The van der Waals surface area contributed by atoms with Crippen LogP contribution in [0.1, 0.15) is 44.6 Å². The molecule has 0 spiro atoms. The Kier molecular flexibility index (Phi) is 7.14. The highest BCUT2D eigenvalue weighted by molar-refractivity contribution is 9.10. The van der Waals surface area contributed by atoms with E-state index < -0.39 is 0 Å². The molecule has 2 atom stereocenters. The third-order valence-corrected chi connectivity index (χ3v) is 4.99. The average molecular weight is 358 g/mol. The molecule has 1 saturated heterocycles. The van der Waals surface area contributed by atoms with Crippen LogP contribution >= 0.6 is 15.9 Å². The summed E-state index contributed by atoms with van der Waals surface area (Å²) in [5.41, 5.74) is 1.03. The van der Waals surface area contributed by atoms with Gasteiger partial charge in [0.05, 0.1) is 10.6 Å². The molecule has 1 aliphatic heterocycles. The third kappa shape index (κ3) is 5.35. The molecular weight excluding hydrogens is 333 g/mol. The van der Waals surface area contributed by atoms with Crippen molar-refractivity contribution in [1.29, 1.82) is 0 Å². The Labute approximate surface area is 135 Å². The first-order valence-corrected chi connectivity index (χ1v) is 8.78. The number of benzene rings is 1. The smallest absolute Gasteiger partial charge is 0.137 e. The second kappa shape index (κ2) is 8.86. The standard InChI is InChI=1S/C17H25BrFNO/c1-2-20-14(9-10-15-7-3-4-11-21-15)12-13-6-5-8-16(19)17(13)18/h5-6,8,14-15,20H,2-4,7,9-12H2,1H3. The minimum atomic E-state index is -0.182. The first-order valence-electron chi connectivity index (χ1n) is 7.98. The van der Waals surface area contributed by atoms with Crippen molar-refractivity contribution < 1.29 is 9.13 Å². The number of hydrogen-bond donors (Lipinski definition) is 1.